The first-order valence-electron chi connectivity index (χ1n) is 7.24. The van der Waals surface area contributed by atoms with E-state index in [1.807, 2.05) is 0 Å². The highest BCUT2D eigenvalue weighted by molar-refractivity contribution is 6.29. The Hall–Kier alpha value is -2.15. The van der Waals surface area contributed by atoms with E-state index in [0.29, 0.717) is 5.69 Å². The molecule has 3 rings (SSSR count). The van der Waals surface area contributed by atoms with E-state index >= 15 is 0 Å². The smallest absolute Gasteiger partial charge is 0.351 e. The summed E-state index contributed by atoms with van der Waals surface area (Å²) in [6, 6.07) is 4.72. The SMILES string of the molecule is O=C(NCC1(c2cnc(Cl)cn2)CC1)c1ccccc1C(F)(F)F. The van der Waals surface area contributed by atoms with Gasteiger partial charge < -0.3 is 5.32 Å². The molecule has 0 spiro atoms. The molecule has 0 radical (unpaired) electrons. The topological polar surface area (TPSA) is 54.9 Å². The van der Waals surface area contributed by atoms with Crippen LogP contribution in [-0.4, -0.2) is 22.4 Å². The lowest BCUT2D eigenvalue weighted by Crippen LogP contribution is -2.34. The van der Waals surface area contributed by atoms with E-state index in [4.69, 9.17) is 11.6 Å². The molecule has 126 valence electrons. The lowest BCUT2D eigenvalue weighted by atomic mass is 10.0. The van der Waals surface area contributed by atoms with Gasteiger partial charge in [0.25, 0.3) is 5.91 Å². The fourth-order valence-corrected chi connectivity index (χ4v) is 2.63. The van der Waals surface area contributed by atoms with Crippen LogP contribution in [0.4, 0.5) is 13.2 Å². The Morgan fingerprint density at radius 2 is 1.92 bits per heavy atom. The zero-order valence-electron chi connectivity index (χ0n) is 12.4. The highest BCUT2D eigenvalue weighted by atomic mass is 35.5. The second kappa shape index (κ2) is 6.05. The highest BCUT2D eigenvalue weighted by Gasteiger charge is 2.46. The molecule has 0 bridgehead atoms. The first-order valence-corrected chi connectivity index (χ1v) is 7.62. The molecule has 1 aromatic heterocycles. The van der Waals surface area contributed by atoms with E-state index in [9.17, 15) is 18.0 Å². The van der Waals surface area contributed by atoms with Crippen molar-refractivity contribution in [3.63, 3.8) is 0 Å². The summed E-state index contributed by atoms with van der Waals surface area (Å²) in [5, 5.41) is 2.85. The quantitative estimate of drug-likeness (QED) is 0.911. The number of rotatable bonds is 4. The maximum absolute atomic E-state index is 13.0. The Balaban J connectivity index is 1.74. The Morgan fingerprint density at radius 1 is 1.21 bits per heavy atom. The molecule has 24 heavy (non-hydrogen) atoms. The van der Waals surface area contributed by atoms with Gasteiger partial charge in [-0.3, -0.25) is 9.78 Å². The number of benzene rings is 1. The van der Waals surface area contributed by atoms with Crippen molar-refractivity contribution in [2.24, 2.45) is 0 Å². The molecule has 2 aromatic rings. The van der Waals surface area contributed by atoms with Crippen LogP contribution < -0.4 is 5.32 Å². The average molecular weight is 356 g/mol. The van der Waals surface area contributed by atoms with Gasteiger partial charge in [-0.15, -0.1) is 0 Å². The first-order chi connectivity index (χ1) is 11.3. The van der Waals surface area contributed by atoms with Gasteiger partial charge in [0.2, 0.25) is 0 Å². The molecule has 1 N–H and O–H groups in total. The molecule has 0 aliphatic heterocycles. The zero-order valence-corrected chi connectivity index (χ0v) is 13.2. The Bertz CT molecular complexity index is 758. The number of nitrogens with zero attached hydrogens (tertiary/aromatic N) is 2. The molecule has 1 aliphatic carbocycles. The van der Waals surface area contributed by atoms with Crippen LogP contribution in [0.5, 0.6) is 0 Å². The van der Waals surface area contributed by atoms with E-state index in [0.717, 1.165) is 18.9 Å². The van der Waals surface area contributed by atoms with Crippen molar-refractivity contribution in [2.45, 2.75) is 24.4 Å². The largest absolute Gasteiger partial charge is 0.417 e. The van der Waals surface area contributed by atoms with Crippen molar-refractivity contribution in [3.8, 4) is 0 Å². The summed E-state index contributed by atoms with van der Waals surface area (Å²) in [5.74, 6) is -0.754. The molecule has 0 unspecified atom stereocenters. The molecule has 4 nitrogen and oxygen atoms in total. The van der Waals surface area contributed by atoms with Gasteiger partial charge in [0, 0.05) is 12.0 Å². The van der Waals surface area contributed by atoms with Crippen LogP contribution >= 0.6 is 11.6 Å². The second-order valence-corrected chi connectivity index (χ2v) is 6.12. The Kier molecular flexibility index (Phi) is 4.21. The van der Waals surface area contributed by atoms with Crippen LogP contribution in [0.1, 0.15) is 34.5 Å². The minimum atomic E-state index is -4.58. The third-order valence-corrected chi connectivity index (χ3v) is 4.28. The minimum absolute atomic E-state index is 0.203. The van der Waals surface area contributed by atoms with Crippen LogP contribution in [0.3, 0.4) is 0 Å². The van der Waals surface area contributed by atoms with E-state index in [2.05, 4.69) is 15.3 Å². The molecule has 1 aromatic carbocycles. The van der Waals surface area contributed by atoms with Gasteiger partial charge in [-0.2, -0.15) is 13.2 Å². The van der Waals surface area contributed by atoms with E-state index in [1.54, 1.807) is 0 Å². The molecule has 0 saturated heterocycles. The van der Waals surface area contributed by atoms with Gasteiger partial charge in [0.15, 0.2) is 0 Å². The summed E-state index contributed by atoms with van der Waals surface area (Å²) in [5.41, 5.74) is -1.03. The number of carbonyl (C=O) groups excluding carboxylic acids is 1. The van der Waals surface area contributed by atoms with Gasteiger partial charge in [0.05, 0.1) is 29.2 Å². The van der Waals surface area contributed by atoms with Crippen molar-refractivity contribution >= 4 is 17.5 Å². The average Bonchev–Trinajstić information content (AvgIpc) is 3.33. The van der Waals surface area contributed by atoms with Crippen molar-refractivity contribution in [1.29, 1.82) is 0 Å². The molecule has 1 saturated carbocycles. The normalized spacial score (nSPS) is 15.8. The molecule has 0 atom stereocenters. The maximum atomic E-state index is 13.0. The fourth-order valence-electron chi connectivity index (χ4n) is 2.53. The van der Waals surface area contributed by atoms with Crippen LogP contribution in [0.15, 0.2) is 36.7 Å². The summed E-state index contributed by atoms with van der Waals surface area (Å²) < 4.78 is 39.0. The third kappa shape index (κ3) is 3.36. The molecule has 8 heteroatoms. The molecule has 1 aliphatic rings. The number of aromatic nitrogens is 2. The number of carbonyl (C=O) groups is 1. The number of halogens is 4. The van der Waals surface area contributed by atoms with Crippen molar-refractivity contribution < 1.29 is 18.0 Å². The predicted molar refractivity (Wildman–Crippen MR) is 81.7 cm³/mol. The number of nitrogens with one attached hydrogen (secondary N) is 1. The molecule has 1 heterocycles. The molecule has 1 fully saturated rings. The molecular formula is C16H13ClF3N3O. The summed E-state index contributed by atoms with van der Waals surface area (Å²) in [6.45, 7) is 0.203. The lowest BCUT2D eigenvalue weighted by Gasteiger charge is -2.17. The van der Waals surface area contributed by atoms with Crippen LogP contribution in [0.2, 0.25) is 5.15 Å². The zero-order chi connectivity index (χ0) is 17.4. The van der Waals surface area contributed by atoms with Gasteiger partial charge in [-0.1, -0.05) is 23.7 Å². The standard InChI is InChI=1S/C16H13ClF3N3O/c17-13-8-21-12(7-22-13)15(5-6-15)9-23-14(24)10-3-1-2-4-11(10)16(18,19)20/h1-4,7-8H,5-6,9H2,(H,23,24). The van der Waals surface area contributed by atoms with Crippen molar-refractivity contribution in [2.75, 3.05) is 6.54 Å². The van der Waals surface area contributed by atoms with E-state index in [-0.39, 0.29) is 22.7 Å². The van der Waals surface area contributed by atoms with Crippen LogP contribution in [0.25, 0.3) is 0 Å². The van der Waals surface area contributed by atoms with Crippen LogP contribution in [-0.2, 0) is 11.6 Å². The lowest BCUT2D eigenvalue weighted by molar-refractivity contribution is -0.137. The highest BCUT2D eigenvalue weighted by Crippen LogP contribution is 2.46. The Labute approximate surface area is 141 Å². The number of amides is 1. The first kappa shape index (κ1) is 16.7. The predicted octanol–water partition coefficient (Wildman–Crippen LogP) is 3.61. The van der Waals surface area contributed by atoms with Gasteiger partial charge in [-0.05, 0) is 25.0 Å². The number of alkyl halides is 3. The van der Waals surface area contributed by atoms with Crippen molar-refractivity contribution in [3.05, 3.63) is 58.6 Å². The number of hydrogen-bond donors (Lipinski definition) is 1. The van der Waals surface area contributed by atoms with E-state index in [1.165, 1.54) is 30.6 Å². The van der Waals surface area contributed by atoms with E-state index < -0.39 is 17.6 Å². The Morgan fingerprint density at radius 3 is 2.50 bits per heavy atom. The van der Waals surface area contributed by atoms with Crippen LogP contribution in [0, 0.1) is 0 Å². The number of hydrogen-bond acceptors (Lipinski definition) is 3. The maximum Gasteiger partial charge on any atom is 0.417 e. The molecule has 1 amide bonds. The minimum Gasteiger partial charge on any atom is -0.351 e. The van der Waals surface area contributed by atoms with Gasteiger partial charge in [-0.25, -0.2) is 4.98 Å². The monoisotopic (exact) mass is 355 g/mol. The summed E-state index contributed by atoms with van der Waals surface area (Å²) >= 11 is 5.70. The molecular weight excluding hydrogens is 343 g/mol. The summed E-state index contributed by atoms with van der Waals surface area (Å²) in [4.78, 5) is 20.4. The van der Waals surface area contributed by atoms with Crippen molar-refractivity contribution in [1.82, 2.24) is 15.3 Å². The summed E-state index contributed by atoms with van der Waals surface area (Å²) in [6.07, 6.45) is -0.0647. The second-order valence-electron chi connectivity index (χ2n) is 5.73. The fraction of sp³-hybridized carbons (Fsp3) is 0.312. The third-order valence-electron chi connectivity index (χ3n) is 4.08. The van der Waals surface area contributed by atoms with Gasteiger partial charge in [0.1, 0.15) is 5.15 Å². The van der Waals surface area contributed by atoms with Gasteiger partial charge >= 0.3 is 6.18 Å². The summed E-state index contributed by atoms with van der Waals surface area (Å²) in [7, 11) is 0.